The zero-order valence-electron chi connectivity index (χ0n) is 6.05. The fourth-order valence-electron chi connectivity index (χ4n) is 0.829. The Balaban J connectivity index is 2.74. The van der Waals surface area contributed by atoms with Crippen LogP contribution in [0, 0.1) is 5.92 Å². The van der Waals surface area contributed by atoms with Crippen molar-refractivity contribution in [1.82, 2.24) is 0 Å². The fourth-order valence-corrected chi connectivity index (χ4v) is 0.829. The molecule has 12 heavy (non-hydrogen) atoms. The molecule has 0 unspecified atom stereocenters. The van der Waals surface area contributed by atoms with Crippen LogP contribution in [0.15, 0.2) is 29.4 Å². The average Bonchev–Trinajstić information content (AvgIpc) is 2.03. The zero-order valence-corrected chi connectivity index (χ0v) is 6.05. The van der Waals surface area contributed by atoms with E-state index < -0.39 is 12.1 Å². The van der Waals surface area contributed by atoms with Crippen molar-refractivity contribution in [3.05, 3.63) is 24.3 Å². The Labute approximate surface area is 67.2 Å². The smallest absolute Gasteiger partial charge is 0.323 e. The Morgan fingerprint density at radius 2 is 1.75 bits per heavy atom. The Hall–Kier alpha value is -1.26. The number of allylic oxidation sites excluding steroid dienone is 4. The number of hydrogen-bond donors (Lipinski definition) is 1. The molecule has 2 N–H and O–H groups in total. The number of alkyl halides is 3. The topological polar surface area (TPSA) is 38.4 Å². The summed E-state index contributed by atoms with van der Waals surface area (Å²) in [4.78, 5) is 0. The van der Waals surface area contributed by atoms with Crippen LogP contribution in [0.25, 0.3) is 0 Å². The molecule has 2 nitrogen and oxygen atoms in total. The van der Waals surface area contributed by atoms with E-state index in [9.17, 15) is 13.2 Å². The van der Waals surface area contributed by atoms with Gasteiger partial charge in [0.05, 0.1) is 11.6 Å². The number of halogens is 3. The van der Waals surface area contributed by atoms with Gasteiger partial charge < -0.3 is 5.84 Å². The van der Waals surface area contributed by atoms with Crippen LogP contribution in [0.3, 0.4) is 0 Å². The standard InChI is InChI=1S/C7H7F3N2/c8-7(9,10)5-1-3-6(12-11)4-2-5/h1-5H,11H2. The van der Waals surface area contributed by atoms with Crippen molar-refractivity contribution in [3.63, 3.8) is 0 Å². The lowest BCUT2D eigenvalue weighted by Crippen LogP contribution is -2.21. The monoisotopic (exact) mass is 176 g/mol. The van der Waals surface area contributed by atoms with Crippen molar-refractivity contribution in [3.8, 4) is 0 Å². The second-order valence-corrected chi connectivity index (χ2v) is 2.34. The minimum Gasteiger partial charge on any atom is -0.323 e. The minimum atomic E-state index is -4.22. The van der Waals surface area contributed by atoms with Crippen molar-refractivity contribution < 1.29 is 13.2 Å². The summed E-state index contributed by atoms with van der Waals surface area (Å²) in [6.07, 6.45) is 0.320. The molecule has 0 saturated carbocycles. The van der Waals surface area contributed by atoms with Gasteiger partial charge in [0.15, 0.2) is 0 Å². The molecule has 0 aromatic carbocycles. The van der Waals surface area contributed by atoms with Crippen LogP contribution in [0.1, 0.15) is 0 Å². The first-order valence-electron chi connectivity index (χ1n) is 3.25. The van der Waals surface area contributed by atoms with E-state index in [1.807, 2.05) is 0 Å². The zero-order chi connectivity index (χ0) is 9.19. The van der Waals surface area contributed by atoms with E-state index in [4.69, 9.17) is 5.84 Å². The van der Waals surface area contributed by atoms with Gasteiger partial charge in [-0.25, -0.2) is 0 Å². The van der Waals surface area contributed by atoms with Crippen LogP contribution in [-0.2, 0) is 0 Å². The van der Waals surface area contributed by atoms with E-state index in [1.54, 1.807) is 0 Å². The molecule has 0 fully saturated rings. The largest absolute Gasteiger partial charge is 0.398 e. The van der Waals surface area contributed by atoms with E-state index in [-0.39, 0.29) is 0 Å². The lowest BCUT2D eigenvalue weighted by molar-refractivity contribution is -0.148. The second kappa shape index (κ2) is 3.00. The highest BCUT2D eigenvalue weighted by molar-refractivity contribution is 6.04. The summed E-state index contributed by atoms with van der Waals surface area (Å²) in [5.74, 6) is 3.35. The molecule has 1 aliphatic carbocycles. The van der Waals surface area contributed by atoms with Crippen molar-refractivity contribution in [2.75, 3.05) is 0 Å². The van der Waals surface area contributed by atoms with E-state index in [2.05, 4.69) is 5.10 Å². The van der Waals surface area contributed by atoms with Crippen LogP contribution in [0.4, 0.5) is 13.2 Å². The van der Waals surface area contributed by atoms with E-state index >= 15 is 0 Å². The summed E-state index contributed by atoms with van der Waals surface area (Å²) in [7, 11) is 0. The Bertz CT molecular complexity index is 234. The maximum Gasteiger partial charge on any atom is 0.398 e. The molecule has 0 aliphatic heterocycles. The summed E-state index contributed by atoms with van der Waals surface area (Å²) in [5.41, 5.74) is 0.343. The number of rotatable bonds is 0. The Kier molecular flexibility index (Phi) is 2.21. The maximum atomic E-state index is 12.0. The Morgan fingerprint density at radius 1 is 1.25 bits per heavy atom. The molecule has 66 valence electrons. The third-order valence-electron chi connectivity index (χ3n) is 1.48. The highest BCUT2D eigenvalue weighted by Gasteiger charge is 2.36. The van der Waals surface area contributed by atoms with Gasteiger partial charge in [0.2, 0.25) is 0 Å². The van der Waals surface area contributed by atoms with Gasteiger partial charge in [0.25, 0.3) is 0 Å². The molecule has 0 aromatic rings. The summed E-state index contributed by atoms with van der Waals surface area (Å²) in [5, 5.41) is 3.24. The van der Waals surface area contributed by atoms with Crippen molar-refractivity contribution in [2.24, 2.45) is 16.9 Å². The van der Waals surface area contributed by atoms with Crippen LogP contribution in [-0.4, -0.2) is 11.9 Å². The molecule has 0 atom stereocenters. The van der Waals surface area contributed by atoms with Gasteiger partial charge in [-0.05, 0) is 12.2 Å². The molecule has 0 bridgehead atoms. The van der Waals surface area contributed by atoms with Gasteiger partial charge in [-0.3, -0.25) is 0 Å². The lowest BCUT2D eigenvalue weighted by atomic mass is 10.0. The molecular weight excluding hydrogens is 169 g/mol. The van der Waals surface area contributed by atoms with Gasteiger partial charge in [-0.15, -0.1) is 0 Å². The first-order chi connectivity index (χ1) is 5.54. The predicted octanol–water partition coefficient (Wildman–Crippen LogP) is 1.61. The molecule has 5 heteroatoms. The summed E-state index contributed by atoms with van der Waals surface area (Å²) >= 11 is 0. The summed E-state index contributed by atoms with van der Waals surface area (Å²) in [6.45, 7) is 0. The van der Waals surface area contributed by atoms with Gasteiger partial charge in [-0.1, -0.05) is 12.2 Å². The fraction of sp³-hybridized carbons (Fsp3) is 0.286. The first kappa shape index (κ1) is 8.83. The molecule has 0 heterocycles. The molecule has 1 aliphatic rings. The third kappa shape index (κ3) is 1.87. The first-order valence-corrected chi connectivity index (χ1v) is 3.25. The molecule has 0 radical (unpaired) electrons. The van der Waals surface area contributed by atoms with Crippen molar-refractivity contribution in [2.45, 2.75) is 6.18 Å². The average molecular weight is 176 g/mol. The van der Waals surface area contributed by atoms with E-state index in [0.29, 0.717) is 5.71 Å². The highest BCUT2D eigenvalue weighted by atomic mass is 19.4. The quantitative estimate of drug-likeness (QED) is 0.442. The van der Waals surface area contributed by atoms with E-state index in [0.717, 1.165) is 12.2 Å². The van der Waals surface area contributed by atoms with Crippen LogP contribution < -0.4 is 5.84 Å². The predicted molar refractivity (Wildman–Crippen MR) is 39.4 cm³/mol. The molecule has 0 spiro atoms. The van der Waals surface area contributed by atoms with Crippen LogP contribution in [0.2, 0.25) is 0 Å². The van der Waals surface area contributed by atoms with Gasteiger partial charge >= 0.3 is 6.18 Å². The number of hydrogen-bond acceptors (Lipinski definition) is 2. The van der Waals surface area contributed by atoms with Crippen molar-refractivity contribution >= 4 is 5.71 Å². The SMILES string of the molecule is NN=C1C=CC(C(F)(F)F)C=C1. The Morgan fingerprint density at radius 3 is 2.08 bits per heavy atom. The number of nitrogens with two attached hydrogens (primary N) is 1. The molecular formula is C7H7F3N2. The minimum absolute atomic E-state index is 0.343. The molecule has 0 saturated heterocycles. The van der Waals surface area contributed by atoms with Gasteiger partial charge in [0.1, 0.15) is 0 Å². The second-order valence-electron chi connectivity index (χ2n) is 2.34. The van der Waals surface area contributed by atoms with Gasteiger partial charge in [-0.2, -0.15) is 18.3 Å². The maximum absolute atomic E-state index is 12.0. The van der Waals surface area contributed by atoms with Gasteiger partial charge in [0, 0.05) is 0 Å². The highest BCUT2D eigenvalue weighted by Crippen LogP contribution is 2.29. The molecule has 0 aromatic heterocycles. The number of hydrazone groups is 1. The normalized spacial score (nSPS) is 22.9. The molecule has 1 rings (SSSR count). The summed E-state index contributed by atoms with van der Waals surface area (Å²) in [6, 6.07) is 0. The number of nitrogens with zero attached hydrogens (tertiary/aromatic N) is 1. The van der Waals surface area contributed by atoms with Crippen molar-refractivity contribution in [1.29, 1.82) is 0 Å². The van der Waals surface area contributed by atoms with E-state index in [1.165, 1.54) is 12.2 Å². The molecule has 0 amide bonds. The van der Waals surface area contributed by atoms with Crippen LogP contribution >= 0.6 is 0 Å². The third-order valence-corrected chi connectivity index (χ3v) is 1.48. The lowest BCUT2D eigenvalue weighted by Gasteiger charge is -2.14. The van der Waals surface area contributed by atoms with Crippen LogP contribution in [0.5, 0.6) is 0 Å². The summed E-state index contributed by atoms with van der Waals surface area (Å²) < 4.78 is 36.0.